The molecular weight excluding hydrogens is 581 g/mol. The molecule has 2 fully saturated rings. The third kappa shape index (κ3) is 6.87. The molecule has 1 amide bonds. The highest BCUT2D eigenvalue weighted by molar-refractivity contribution is 7.21. The number of aliphatic carboxylic acids is 1. The molecule has 2 saturated heterocycles. The number of hydrogen-bond donors (Lipinski definition) is 2. The fraction of sp³-hybridized carbons (Fsp3) is 0.480. The van der Waals surface area contributed by atoms with Crippen molar-refractivity contribution in [1.29, 1.82) is 0 Å². The van der Waals surface area contributed by atoms with E-state index >= 15 is 0 Å². The van der Waals surface area contributed by atoms with Crippen LogP contribution in [0.15, 0.2) is 18.5 Å². The highest BCUT2D eigenvalue weighted by atomic mass is 35.5. The van der Waals surface area contributed by atoms with Crippen LogP contribution in [0.4, 0.5) is 10.9 Å². The molecule has 1 atom stereocenters. The summed E-state index contributed by atoms with van der Waals surface area (Å²) in [6.45, 7) is 7.49. The lowest BCUT2D eigenvalue weighted by molar-refractivity contribution is -0.137. The Morgan fingerprint density at radius 2 is 1.92 bits per heavy atom. The average molecular weight is 611 g/mol. The van der Waals surface area contributed by atoms with E-state index in [0.717, 1.165) is 54.7 Å². The fourth-order valence-electron chi connectivity index (χ4n) is 4.80. The SMILES string of the molecule is C[C@@H]1CCCN1Cc1sc(NC(=O)c2cnc(N3CCN(CCC(=O)O)CC3)cn2)nc1-c1cc(Cl)c(Cl)s1. The fourth-order valence-corrected chi connectivity index (χ4v) is 7.24. The normalized spacial score (nSPS) is 18.5. The minimum atomic E-state index is -0.788. The first kappa shape index (κ1) is 28.2. The zero-order chi connectivity index (χ0) is 27.5. The molecule has 5 heterocycles. The van der Waals surface area contributed by atoms with Gasteiger partial charge in [0.15, 0.2) is 5.13 Å². The van der Waals surface area contributed by atoms with Gasteiger partial charge in [0.1, 0.15) is 15.8 Å². The van der Waals surface area contributed by atoms with Gasteiger partial charge in [-0.05, 0) is 32.4 Å². The number of nitrogens with one attached hydrogen (secondary N) is 1. The Bertz CT molecular complexity index is 1310. The number of thiophene rings is 1. The zero-order valence-electron chi connectivity index (χ0n) is 21.4. The van der Waals surface area contributed by atoms with E-state index in [9.17, 15) is 9.59 Å². The molecule has 5 rings (SSSR count). The first-order valence-corrected chi connectivity index (χ1v) is 15.2. The van der Waals surface area contributed by atoms with Gasteiger partial charge in [-0.15, -0.1) is 11.3 Å². The molecule has 0 radical (unpaired) electrons. The second-order valence-electron chi connectivity index (χ2n) is 9.67. The van der Waals surface area contributed by atoms with Gasteiger partial charge in [-0.3, -0.25) is 24.7 Å². The van der Waals surface area contributed by atoms with Crippen molar-refractivity contribution in [1.82, 2.24) is 24.8 Å². The molecule has 0 saturated carbocycles. The number of piperazine rings is 1. The maximum atomic E-state index is 13.0. The zero-order valence-corrected chi connectivity index (χ0v) is 24.5. The van der Waals surface area contributed by atoms with Crippen molar-refractivity contribution in [3.63, 3.8) is 0 Å². The Kier molecular flexibility index (Phi) is 8.99. The lowest BCUT2D eigenvalue weighted by atomic mass is 10.2. The molecule has 39 heavy (non-hydrogen) atoms. The predicted octanol–water partition coefficient (Wildman–Crippen LogP) is 4.80. The smallest absolute Gasteiger partial charge is 0.304 e. The van der Waals surface area contributed by atoms with Crippen molar-refractivity contribution in [2.75, 3.05) is 49.5 Å². The first-order valence-electron chi connectivity index (χ1n) is 12.8. The van der Waals surface area contributed by atoms with E-state index in [2.05, 4.69) is 36.9 Å². The number of carboxylic acids is 1. The third-order valence-electron chi connectivity index (χ3n) is 7.04. The third-order valence-corrected chi connectivity index (χ3v) is 9.87. The van der Waals surface area contributed by atoms with E-state index in [1.807, 2.05) is 6.07 Å². The molecular formula is C25H29Cl2N7O3S2. The van der Waals surface area contributed by atoms with Crippen molar-refractivity contribution in [3.8, 4) is 10.6 Å². The number of aromatic nitrogens is 3. The number of carboxylic acid groups (broad SMARTS) is 1. The molecule has 2 aliphatic heterocycles. The van der Waals surface area contributed by atoms with E-state index in [1.165, 1.54) is 41.7 Å². The standard InChI is InChI=1S/C25H29Cl2N7O3S2/c1-15-3-2-5-34(15)14-19-22(18-11-16(26)23(27)38-18)30-25(39-19)31-24(37)17-12-29-20(13-28-17)33-9-7-32(8-10-33)6-4-21(35)36/h11-13,15H,2-10,14H2,1H3,(H,35,36)(H,30,31,37)/t15-/m1/s1. The first-order chi connectivity index (χ1) is 18.8. The van der Waals surface area contributed by atoms with E-state index in [1.54, 1.807) is 6.20 Å². The van der Waals surface area contributed by atoms with Gasteiger partial charge in [0.05, 0.1) is 34.4 Å². The Morgan fingerprint density at radius 3 is 2.54 bits per heavy atom. The molecule has 208 valence electrons. The Hall–Kier alpha value is -2.35. The summed E-state index contributed by atoms with van der Waals surface area (Å²) in [6, 6.07) is 2.32. The molecule has 14 heteroatoms. The highest BCUT2D eigenvalue weighted by Gasteiger charge is 2.25. The van der Waals surface area contributed by atoms with E-state index in [-0.39, 0.29) is 18.0 Å². The maximum absolute atomic E-state index is 13.0. The van der Waals surface area contributed by atoms with Gasteiger partial charge < -0.3 is 10.0 Å². The Labute approximate surface area is 244 Å². The molecule has 0 unspecified atom stereocenters. The Morgan fingerprint density at radius 1 is 1.13 bits per heavy atom. The molecule has 3 aromatic rings. The molecule has 2 aliphatic rings. The van der Waals surface area contributed by atoms with Crippen LogP contribution in [0.3, 0.4) is 0 Å². The summed E-state index contributed by atoms with van der Waals surface area (Å²) < 4.78 is 0.516. The lowest BCUT2D eigenvalue weighted by Gasteiger charge is -2.34. The molecule has 0 spiro atoms. The number of rotatable bonds is 9. The van der Waals surface area contributed by atoms with Crippen LogP contribution in [0.1, 0.15) is 41.6 Å². The van der Waals surface area contributed by atoms with Crippen LogP contribution in [0.25, 0.3) is 10.6 Å². The number of carbonyl (C=O) groups is 2. The van der Waals surface area contributed by atoms with E-state index < -0.39 is 5.97 Å². The minimum absolute atomic E-state index is 0.137. The van der Waals surface area contributed by atoms with Crippen LogP contribution in [0, 0.1) is 0 Å². The van der Waals surface area contributed by atoms with Gasteiger partial charge >= 0.3 is 5.97 Å². The molecule has 0 aromatic carbocycles. The summed E-state index contributed by atoms with van der Waals surface area (Å²) in [4.78, 5) is 45.9. The molecule has 0 aliphatic carbocycles. The van der Waals surface area contributed by atoms with Gasteiger partial charge in [0.2, 0.25) is 0 Å². The number of carbonyl (C=O) groups excluding carboxylic acids is 1. The molecule has 0 bridgehead atoms. The van der Waals surface area contributed by atoms with Crippen LogP contribution < -0.4 is 10.2 Å². The highest BCUT2D eigenvalue weighted by Crippen LogP contribution is 2.42. The van der Waals surface area contributed by atoms with Crippen LogP contribution in [0.5, 0.6) is 0 Å². The van der Waals surface area contributed by atoms with Crippen LogP contribution in [-0.2, 0) is 11.3 Å². The minimum Gasteiger partial charge on any atom is -0.481 e. The van der Waals surface area contributed by atoms with Gasteiger partial charge in [-0.1, -0.05) is 34.5 Å². The Balaban J connectivity index is 1.25. The maximum Gasteiger partial charge on any atom is 0.304 e. The number of halogens is 2. The van der Waals surface area contributed by atoms with Gasteiger partial charge in [0.25, 0.3) is 5.91 Å². The van der Waals surface area contributed by atoms with Crippen LogP contribution in [0.2, 0.25) is 9.36 Å². The number of amides is 1. The molecule has 3 aromatic heterocycles. The van der Waals surface area contributed by atoms with Crippen molar-refractivity contribution in [2.45, 2.75) is 38.8 Å². The average Bonchev–Trinajstić information content (AvgIpc) is 3.62. The van der Waals surface area contributed by atoms with Crippen molar-refractivity contribution >= 4 is 68.7 Å². The van der Waals surface area contributed by atoms with E-state index in [4.69, 9.17) is 33.3 Å². The predicted molar refractivity (Wildman–Crippen MR) is 155 cm³/mol. The number of hydrogen-bond acceptors (Lipinski definition) is 10. The molecule has 10 nitrogen and oxygen atoms in total. The van der Waals surface area contributed by atoms with E-state index in [0.29, 0.717) is 32.9 Å². The summed E-state index contributed by atoms with van der Waals surface area (Å²) in [5, 5.41) is 12.8. The van der Waals surface area contributed by atoms with Gasteiger partial charge in [-0.2, -0.15) is 0 Å². The molecule has 2 N–H and O–H groups in total. The number of thiazole rings is 1. The quantitative estimate of drug-likeness (QED) is 0.353. The van der Waals surface area contributed by atoms with Crippen LogP contribution in [-0.4, -0.2) is 87.0 Å². The topological polar surface area (TPSA) is 115 Å². The largest absolute Gasteiger partial charge is 0.481 e. The lowest BCUT2D eigenvalue weighted by Crippen LogP contribution is -2.47. The second kappa shape index (κ2) is 12.4. The van der Waals surface area contributed by atoms with Crippen molar-refractivity contribution in [2.24, 2.45) is 0 Å². The number of nitrogens with zero attached hydrogens (tertiary/aromatic N) is 6. The van der Waals surface area contributed by atoms with Gasteiger partial charge in [0, 0.05) is 50.2 Å². The van der Waals surface area contributed by atoms with Crippen molar-refractivity contribution < 1.29 is 14.7 Å². The van der Waals surface area contributed by atoms with Crippen molar-refractivity contribution in [3.05, 3.63) is 38.4 Å². The summed E-state index contributed by atoms with van der Waals surface area (Å²) in [6.07, 6.45) is 5.55. The summed E-state index contributed by atoms with van der Waals surface area (Å²) in [7, 11) is 0. The monoisotopic (exact) mass is 609 g/mol. The number of anilines is 2. The summed E-state index contributed by atoms with van der Waals surface area (Å²) in [5.41, 5.74) is 0.990. The van der Waals surface area contributed by atoms with Gasteiger partial charge in [-0.25, -0.2) is 15.0 Å². The summed E-state index contributed by atoms with van der Waals surface area (Å²) in [5.74, 6) is -0.477. The summed E-state index contributed by atoms with van der Waals surface area (Å²) >= 11 is 15.3. The van der Waals surface area contributed by atoms with Crippen LogP contribution >= 0.6 is 45.9 Å². The number of likely N-dealkylation sites (tertiary alicyclic amines) is 1. The second-order valence-corrected chi connectivity index (χ2v) is 12.8.